The Hall–Kier alpha value is -2.29. The average molecular weight is 789 g/mol. The second-order valence-corrected chi connectivity index (χ2v) is 15.2. The molecule has 1 aliphatic rings. The number of carbonyl (C=O) groups excluding carboxylic acids is 1. The molecule has 0 bridgehead atoms. The first kappa shape index (κ1) is 38.9. The summed E-state index contributed by atoms with van der Waals surface area (Å²) in [6.07, 6.45) is 7.96. The molecule has 0 amide bonds. The van der Waals surface area contributed by atoms with Gasteiger partial charge in [-0.2, -0.15) is 0 Å². The quantitative estimate of drug-likeness (QED) is 0.140. The van der Waals surface area contributed by atoms with Gasteiger partial charge in [-0.05, 0) is 72.5 Å². The largest absolute Gasteiger partial charge is 0.512 e. The third-order valence-corrected chi connectivity index (χ3v) is 10.4. The number of ketones is 1. The molecule has 249 valence electrons. The molecular weight excluding hydrogens is 731 g/mol. The minimum atomic E-state index is -0.0275. The molecule has 4 heteroatoms. The van der Waals surface area contributed by atoms with Gasteiger partial charge in [0.25, 0.3) is 0 Å². The molecule has 1 N–H and O–H groups in total. The minimum Gasteiger partial charge on any atom is -0.512 e. The number of aliphatic hydroxyl groups is 1. The fourth-order valence-electron chi connectivity index (χ4n) is 7.07. The number of carbonyl (C=O) groups is 1. The SMILES string of the molecule is CCC(CC)C(=O)/C=C(\O)C(CC)CC.Cc1ccc2[c-]c3c(c(C)c2c1)C(C)(C)C(C)(C)c1c(CC(C)(C)C)ccnc1-3.[Ir]. The molecule has 3 aromatic rings. The summed E-state index contributed by atoms with van der Waals surface area (Å²) in [6.45, 7) is 29.1. The van der Waals surface area contributed by atoms with Crippen LogP contribution in [0.5, 0.6) is 0 Å². The van der Waals surface area contributed by atoms with Crippen LogP contribution in [0, 0.1) is 37.2 Å². The Balaban J connectivity index is 0.000000378. The van der Waals surface area contributed by atoms with Crippen LogP contribution in [0.25, 0.3) is 22.0 Å². The van der Waals surface area contributed by atoms with E-state index in [0.29, 0.717) is 0 Å². The second-order valence-electron chi connectivity index (χ2n) is 15.2. The summed E-state index contributed by atoms with van der Waals surface area (Å²) in [7, 11) is 0. The smallest absolute Gasteiger partial charge is 0.162 e. The topological polar surface area (TPSA) is 50.2 Å². The molecular formula is C41H58IrNO2-. The normalized spacial score (nSPS) is 15.2. The first-order chi connectivity index (χ1) is 20.4. The van der Waals surface area contributed by atoms with Crippen LogP contribution in [0.2, 0.25) is 0 Å². The molecule has 3 nitrogen and oxygen atoms in total. The molecule has 2 aromatic carbocycles. The number of aromatic nitrogens is 1. The molecule has 1 heterocycles. The van der Waals surface area contributed by atoms with Crippen LogP contribution in [-0.2, 0) is 42.2 Å². The summed E-state index contributed by atoms with van der Waals surface area (Å²) >= 11 is 0. The van der Waals surface area contributed by atoms with Crippen molar-refractivity contribution in [2.24, 2.45) is 17.3 Å². The summed E-state index contributed by atoms with van der Waals surface area (Å²) in [5, 5.41) is 12.3. The van der Waals surface area contributed by atoms with Gasteiger partial charge < -0.3 is 5.11 Å². The summed E-state index contributed by atoms with van der Waals surface area (Å²) in [4.78, 5) is 16.7. The van der Waals surface area contributed by atoms with Crippen molar-refractivity contribution < 1.29 is 30.0 Å². The van der Waals surface area contributed by atoms with E-state index in [-0.39, 0.29) is 59.7 Å². The molecule has 0 unspecified atom stereocenters. The van der Waals surface area contributed by atoms with E-state index < -0.39 is 0 Å². The molecule has 45 heavy (non-hydrogen) atoms. The second kappa shape index (κ2) is 15.1. The van der Waals surface area contributed by atoms with Crippen LogP contribution >= 0.6 is 0 Å². The van der Waals surface area contributed by atoms with E-state index in [1.165, 1.54) is 50.2 Å². The zero-order chi connectivity index (χ0) is 33.2. The molecule has 1 aliphatic carbocycles. The number of allylic oxidation sites excluding steroid dienone is 2. The van der Waals surface area contributed by atoms with E-state index in [1.54, 1.807) is 0 Å². The molecule has 0 atom stereocenters. The molecule has 0 fully saturated rings. The van der Waals surface area contributed by atoms with E-state index in [0.717, 1.165) is 37.8 Å². The molecule has 1 aromatic heterocycles. The van der Waals surface area contributed by atoms with Crippen LogP contribution in [0.1, 0.15) is 130 Å². The number of nitrogens with zero attached hydrogens (tertiary/aromatic N) is 1. The molecule has 0 spiro atoms. The van der Waals surface area contributed by atoms with Crippen molar-refractivity contribution in [3.63, 3.8) is 0 Å². The van der Waals surface area contributed by atoms with Gasteiger partial charge in [0.05, 0.1) is 5.76 Å². The van der Waals surface area contributed by atoms with Crippen molar-refractivity contribution in [1.29, 1.82) is 0 Å². The van der Waals surface area contributed by atoms with Crippen molar-refractivity contribution >= 4 is 16.6 Å². The van der Waals surface area contributed by atoms with Gasteiger partial charge in [0.1, 0.15) is 0 Å². The summed E-state index contributed by atoms with van der Waals surface area (Å²) in [5.41, 5.74) is 9.45. The van der Waals surface area contributed by atoms with Gasteiger partial charge >= 0.3 is 0 Å². The number of aliphatic hydroxyl groups excluding tert-OH is 1. The van der Waals surface area contributed by atoms with Gasteiger partial charge in [0.15, 0.2) is 5.78 Å². The maximum absolute atomic E-state index is 11.7. The Labute approximate surface area is 288 Å². The predicted molar refractivity (Wildman–Crippen MR) is 189 cm³/mol. The van der Waals surface area contributed by atoms with Crippen LogP contribution in [0.3, 0.4) is 0 Å². The van der Waals surface area contributed by atoms with Crippen molar-refractivity contribution in [2.75, 3.05) is 0 Å². The zero-order valence-electron chi connectivity index (χ0n) is 30.3. The maximum Gasteiger partial charge on any atom is 0.162 e. The molecule has 0 saturated heterocycles. The number of benzene rings is 2. The van der Waals surface area contributed by atoms with Crippen LogP contribution < -0.4 is 0 Å². The Morgan fingerprint density at radius 3 is 2.00 bits per heavy atom. The third kappa shape index (κ3) is 7.99. The van der Waals surface area contributed by atoms with Gasteiger partial charge in [-0.1, -0.05) is 117 Å². The van der Waals surface area contributed by atoms with Gasteiger partial charge in [0.2, 0.25) is 0 Å². The monoisotopic (exact) mass is 789 g/mol. The standard InChI is InChI=1S/C28H34N.C13H24O2.Ir/c1-17-10-11-19-15-22-23(18(2)21(19)14-17)27(6,7)28(8,9)24-20(16-26(3,4)5)12-13-29-25(22)24;1-5-10(6-2)12(14)9-13(15)11(7-3)8-4;/h10-14H,16H2,1-9H3;9-11,14H,5-8H2,1-4H3;/q-1;;/b;12-9-;. The summed E-state index contributed by atoms with van der Waals surface area (Å²) < 4.78 is 0. The number of hydrogen-bond donors (Lipinski definition) is 1. The van der Waals surface area contributed by atoms with E-state index in [1.807, 2.05) is 33.9 Å². The maximum atomic E-state index is 11.7. The van der Waals surface area contributed by atoms with Crippen molar-refractivity contribution in [2.45, 2.75) is 133 Å². The van der Waals surface area contributed by atoms with Crippen molar-refractivity contribution in [3.8, 4) is 11.3 Å². The Morgan fingerprint density at radius 2 is 1.47 bits per heavy atom. The molecule has 0 saturated carbocycles. The van der Waals surface area contributed by atoms with E-state index in [2.05, 4.69) is 92.6 Å². The number of rotatable bonds is 8. The van der Waals surface area contributed by atoms with Crippen molar-refractivity contribution in [1.82, 2.24) is 4.98 Å². The minimum absolute atomic E-state index is 0. The van der Waals surface area contributed by atoms with E-state index in [4.69, 9.17) is 4.98 Å². The van der Waals surface area contributed by atoms with Crippen molar-refractivity contribution in [3.05, 3.63) is 76.2 Å². The average Bonchev–Trinajstić information content (AvgIpc) is 2.93. The Morgan fingerprint density at radius 1 is 0.911 bits per heavy atom. The third-order valence-electron chi connectivity index (χ3n) is 10.4. The van der Waals surface area contributed by atoms with Crippen LogP contribution in [0.15, 0.2) is 42.3 Å². The van der Waals surface area contributed by atoms with Gasteiger partial charge in [-0.3, -0.25) is 9.78 Å². The van der Waals surface area contributed by atoms with Crippen LogP contribution in [-0.4, -0.2) is 15.9 Å². The van der Waals surface area contributed by atoms with Gasteiger partial charge in [0, 0.05) is 49.9 Å². The van der Waals surface area contributed by atoms with Gasteiger partial charge in [-0.25, -0.2) is 0 Å². The molecule has 1 radical (unpaired) electrons. The number of pyridine rings is 1. The fourth-order valence-corrected chi connectivity index (χ4v) is 7.07. The first-order valence-corrected chi connectivity index (χ1v) is 16.8. The predicted octanol–water partition coefficient (Wildman–Crippen LogP) is 11.3. The van der Waals surface area contributed by atoms with Gasteiger partial charge in [-0.15, -0.1) is 23.1 Å². The number of hydrogen-bond acceptors (Lipinski definition) is 3. The number of fused-ring (bicyclic) bond motifs is 4. The molecule has 4 rings (SSSR count). The number of aryl methyl sites for hydroxylation is 2. The Bertz CT molecular complexity index is 1510. The van der Waals surface area contributed by atoms with E-state index in [9.17, 15) is 9.90 Å². The fraction of sp³-hybridized carbons (Fsp3) is 0.561. The summed E-state index contributed by atoms with van der Waals surface area (Å²) in [5.74, 6) is 0.547. The summed E-state index contributed by atoms with van der Waals surface area (Å²) in [6, 6.07) is 12.7. The van der Waals surface area contributed by atoms with Crippen LogP contribution in [0.4, 0.5) is 0 Å². The Kier molecular flexibility index (Phi) is 13.0. The van der Waals surface area contributed by atoms with E-state index >= 15 is 0 Å². The molecule has 0 aliphatic heterocycles. The first-order valence-electron chi connectivity index (χ1n) is 16.8. The zero-order valence-corrected chi connectivity index (χ0v) is 32.7.